The molecule has 0 amide bonds. The van der Waals surface area contributed by atoms with Crippen LogP contribution in [0.25, 0.3) is 0 Å². The average molecular weight is 314 g/mol. The van der Waals surface area contributed by atoms with E-state index in [9.17, 15) is 13.2 Å². The average Bonchev–Trinajstić information content (AvgIpc) is 2.57. The predicted octanol–water partition coefficient (Wildman–Crippen LogP) is 3.12. The molecule has 2 heterocycles. The van der Waals surface area contributed by atoms with Gasteiger partial charge in [0.2, 0.25) is 0 Å². The van der Waals surface area contributed by atoms with E-state index in [0.29, 0.717) is 0 Å². The Morgan fingerprint density at radius 1 is 1.18 bits per heavy atom. The Bertz CT molecular complexity index is 584. The standard InChI is InChI=1S/C14H18BF3N2O2/c1-6-19-11-7-9(14(16,17)18)10(8-20-11)15-21-12(2,3)13(4,5)22-15/h6-8H,1-5H3. The number of pyridine rings is 1. The van der Waals surface area contributed by atoms with E-state index in [2.05, 4.69) is 9.98 Å². The monoisotopic (exact) mass is 314 g/mol. The summed E-state index contributed by atoms with van der Waals surface area (Å²) in [6, 6.07) is 0.903. The van der Waals surface area contributed by atoms with E-state index >= 15 is 0 Å². The van der Waals surface area contributed by atoms with Gasteiger partial charge < -0.3 is 9.31 Å². The summed E-state index contributed by atoms with van der Waals surface area (Å²) in [7, 11) is -1.12. The van der Waals surface area contributed by atoms with Crippen molar-refractivity contribution in [1.82, 2.24) is 4.98 Å². The Morgan fingerprint density at radius 2 is 1.73 bits per heavy atom. The van der Waals surface area contributed by atoms with Gasteiger partial charge in [0.25, 0.3) is 0 Å². The third kappa shape index (κ3) is 3.03. The number of halogens is 3. The molecule has 0 unspecified atom stereocenters. The van der Waals surface area contributed by atoms with Crippen molar-refractivity contribution in [1.29, 1.82) is 0 Å². The highest BCUT2D eigenvalue weighted by Crippen LogP contribution is 2.38. The normalized spacial score (nSPS) is 20.8. The van der Waals surface area contributed by atoms with Crippen LogP contribution in [-0.4, -0.2) is 29.5 Å². The number of nitrogens with zero attached hydrogens (tertiary/aromatic N) is 2. The summed E-state index contributed by atoms with van der Waals surface area (Å²) >= 11 is 0. The fourth-order valence-electron chi connectivity index (χ4n) is 2.06. The lowest BCUT2D eigenvalue weighted by Gasteiger charge is -2.32. The quantitative estimate of drug-likeness (QED) is 0.622. The molecule has 1 saturated heterocycles. The van der Waals surface area contributed by atoms with Crippen molar-refractivity contribution in [2.45, 2.75) is 52.0 Å². The van der Waals surface area contributed by atoms with Crippen LogP contribution in [-0.2, 0) is 15.5 Å². The molecule has 0 atom stereocenters. The maximum Gasteiger partial charge on any atom is 0.497 e. The Labute approximate surface area is 127 Å². The van der Waals surface area contributed by atoms with Gasteiger partial charge in [-0.1, -0.05) is 0 Å². The Balaban J connectivity index is 2.48. The summed E-state index contributed by atoms with van der Waals surface area (Å²) in [5.41, 5.74) is -2.43. The molecule has 1 fully saturated rings. The van der Waals surface area contributed by atoms with E-state index < -0.39 is 30.1 Å². The highest BCUT2D eigenvalue weighted by Gasteiger charge is 2.53. The molecule has 0 N–H and O–H groups in total. The van der Waals surface area contributed by atoms with Crippen molar-refractivity contribution in [2.24, 2.45) is 4.99 Å². The fourth-order valence-corrected chi connectivity index (χ4v) is 2.06. The largest absolute Gasteiger partial charge is 0.497 e. The predicted molar refractivity (Wildman–Crippen MR) is 78.8 cm³/mol. The number of aromatic nitrogens is 1. The van der Waals surface area contributed by atoms with Crippen LogP contribution in [0.3, 0.4) is 0 Å². The third-order valence-corrected chi connectivity index (χ3v) is 3.99. The molecule has 1 aromatic rings. The van der Waals surface area contributed by atoms with Crippen molar-refractivity contribution in [2.75, 3.05) is 0 Å². The molecular formula is C14H18BF3N2O2. The van der Waals surface area contributed by atoms with E-state index in [1.165, 1.54) is 6.21 Å². The van der Waals surface area contributed by atoms with Gasteiger partial charge in [-0.2, -0.15) is 13.2 Å². The van der Waals surface area contributed by atoms with E-state index in [1.807, 2.05) is 0 Å². The van der Waals surface area contributed by atoms with Gasteiger partial charge >= 0.3 is 13.3 Å². The molecule has 0 radical (unpaired) electrons. The van der Waals surface area contributed by atoms with Crippen LogP contribution in [0.5, 0.6) is 0 Å². The number of rotatable bonds is 2. The molecule has 22 heavy (non-hydrogen) atoms. The molecule has 0 aliphatic carbocycles. The second kappa shape index (κ2) is 5.35. The molecular weight excluding hydrogens is 296 g/mol. The van der Waals surface area contributed by atoms with E-state index in [-0.39, 0.29) is 11.3 Å². The Kier molecular flexibility index (Phi) is 4.12. The van der Waals surface area contributed by atoms with Crippen molar-refractivity contribution < 1.29 is 22.5 Å². The smallest absolute Gasteiger partial charge is 0.399 e. The lowest BCUT2D eigenvalue weighted by molar-refractivity contribution is -0.136. The minimum absolute atomic E-state index is 0.00454. The second-order valence-corrected chi connectivity index (χ2v) is 6.10. The number of hydrogen-bond donors (Lipinski definition) is 0. The van der Waals surface area contributed by atoms with Crippen molar-refractivity contribution in [3.05, 3.63) is 17.8 Å². The molecule has 4 nitrogen and oxygen atoms in total. The lowest BCUT2D eigenvalue weighted by Crippen LogP contribution is -2.41. The van der Waals surface area contributed by atoms with E-state index in [4.69, 9.17) is 9.31 Å². The first-order valence-electron chi connectivity index (χ1n) is 6.89. The summed E-state index contributed by atoms with van der Waals surface area (Å²) in [5, 5.41) is 0. The maximum absolute atomic E-state index is 13.3. The molecule has 8 heteroatoms. The van der Waals surface area contributed by atoms with E-state index in [1.54, 1.807) is 34.6 Å². The molecule has 0 spiro atoms. The van der Waals surface area contributed by atoms with Gasteiger partial charge in [-0.15, -0.1) is 0 Å². The molecule has 1 aromatic heterocycles. The van der Waals surface area contributed by atoms with Gasteiger partial charge in [0.1, 0.15) is 0 Å². The zero-order valence-corrected chi connectivity index (χ0v) is 13.2. The Hall–Kier alpha value is -1.41. The van der Waals surface area contributed by atoms with Crippen LogP contribution < -0.4 is 5.46 Å². The van der Waals surface area contributed by atoms with Gasteiger partial charge in [-0.05, 0) is 40.7 Å². The van der Waals surface area contributed by atoms with Gasteiger partial charge in [-0.3, -0.25) is 0 Å². The molecule has 0 aromatic carbocycles. The highest BCUT2D eigenvalue weighted by molar-refractivity contribution is 6.62. The van der Waals surface area contributed by atoms with Crippen LogP contribution in [0.4, 0.5) is 19.0 Å². The van der Waals surface area contributed by atoms with Gasteiger partial charge in [0.05, 0.1) is 16.8 Å². The van der Waals surface area contributed by atoms with Crippen LogP contribution in [0.15, 0.2) is 17.3 Å². The zero-order chi connectivity index (χ0) is 16.8. The zero-order valence-electron chi connectivity index (χ0n) is 13.2. The molecule has 1 aliphatic rings. The Morgan fingerprint density at radius 3 is 2.18 bits per heavy atom. The van der Waals surface area contributed by atoms with Gasteiger partial charge in [-0.25, -0.2) is 9.98 Å². The van der Waals surface area contributed by atoms with Crippen LogP contribution in [0.2, 0.25) is 0 Å². The SMILES string of the molecule is CC=Nc1cc(C(F)(F)F)c(B2OC(C)(C)C(C)(C)O2)cn1. The number of alkyl halides is 3. The minimum Gasteiger partial charge on any atom is -0.399 e. The first-order valence-corrected chi connectivity index (χ1v) is 6.89. The number of hydrogen-bond acceptors (Lipinski definition) is 4. The first kappa shape index (κ1) is 17.0. The van der Waals surface area contributed by atoms with Crippen molar-refractivity contribution in [3.8, 4) is 0 Å². The van der Waals surface area contributed by atoms with Gasteiger partial charge in [0, 0.05) is 17.9 Å². The van der Waals surface area contributed by atoms with Crippen molar-refractivity contribution >= 4 is 24.6 Å². The fraction of sp³-hybridized carbons (Fsp3) is 0.571. The topological polar surface area (TPSA) is 43.7 Å². The van der Waals surface area contributed by atoms with Crippen LogP contribution >= 0.6 is 0 Å². The maximum atomic E-state index is 13.3. The molecule has 120 valence electrons. The molecule has 1 aliphatic heterocycles. The van der Waals surface area contributed by atoms with Crippen LogP contribution in [0, 0.1) is 0 Å². The number of aliphatic imine (C=N–C) groups is 1. The first-order chi connectivity index (χ1) is 9.98. The summed E-state index contributed by atoms with van der Waals surface area (Å²) in [4.78, 5) is 7.71. The second-order valence-electron chi connectivity index (χ2n) is 6.10. The summed E-state index contributed by atoms with van der Waals surface area (Å²) in [5.74, 6) is -0.00454. The molecule has 0 saturated carbocycles. The highest BCUT2D eigenvalue weighted by atomic mass is 19.4. The minimum atomic E-state index is -4.54. The molecule has 2 rings (SSSR count). The van der Waals surface area contributed by atoms with E-state index in [0.717, 1.165) is 12.3 Å². The van der Waals surface area contributed by atoms with Gasteiger partial charge in [0.15, 0.2) is 5.82 Å². The van der Waals surface area contributed by atoms with Crippen molar-refractivity contribution in [3.63, 3.8) is 0 Å². The third-order valence-electron chi connectivity index (χ3n) is 3.99. The van der Waals surface area contributed by atoms with Crippen LogP contribution in [0.1, 0.15) is 40.2 Å². The summed E-state index contributed by atoms with van der Waals surface area (Å²) < 4.78 is 51.3. The summed E-state index contributed by atoms with van der Waals surface area (Å²) in [6.07, 6.45) is -2.04. The summed E-state index contributed by atoms with van der Waals surface area (Å²) in [6.45, 7) is 8.73. The lowest BCUT2D eigenvalue weighted by atomic mass is 9.77. The molecule has 0 bridgehead atoms.